The van der Waals surface area contributed by atoms with E-state index in [9.17, 15) is 14.4 Å². The largest absolute Gasteiger partial charge is 0.350 e. The second-order valence-electron chi connectivity index (χ2n) is 5.30. The van der Waals surface area contributed by atoms with E-state index in [0.717, 1.165) is 11.3 Å². The Balaban J connectivity index is 1.55. The Labute approximate surface area is 126 Å². The van der Waals surface area contributed by atoms with Gasteiger partial charge < -0.3 is 15.1 Å². The average molecular weight is 307 g/mol. The molecule has 2 saturated heterocycles. The Bertz CT molecular complexity index is 558. The minimum atomic E-state index is -0.351. The number of nitrogens with one attached hydrogen (secondary N) is 1. The van der Waals surface area contributed by atoms with Crippen molar-refractivity contribution in [3.63, 3.8) is 0 Å². The van der Waals surface area contributed by atoms with Crippen LogP contribution in [0.4, 0.5) is 0 Å². The van der Waals surface area contributed by atoms with Crippen LogP contribution in [0.2, 0.25) is 0 Å². The van der Waals surface area contributed by atoms with Gasteiger partial charge in [0.2, 0.25) is 17.7 Å². The molecule has 0 aromatic carbocycles. The Kier molecular flexibility index (Phi) is 3.92. The summed E-state index contributed by atoms with van der Waals surface area (Å²) in [7, 11) is 0. The molecule has 0 aliphatic carbocycles. The number of thiophene rings is 1. The van der Waals surface area contributed by atoms with Crippen molar-refractivity contribution in [2.45, 2.75) is 25.4 Å². The predicted molar refractivity (Wildman–Crippen MR) is 77.5 cm³/mol. The molecular formula is C14H17N3O3S. The van der Waals surface area contributed by atoms with Gasteiger partial charge in [-0.25, -0.2) is 0 Å². The van der Waals surface area contributed by atoms with Crippen molar-refractivity contribution in [1.82, 2.24) is 15.1 Å². The Hall–Kier alpha value is -1.89. The van der Waals surface area contributed by atoms with Crippen LogP contribution in [0.3, 0.4) is 0 Å². The third-order valence-corrected chi connectivity index (χ3v) is 4.75. The first-order valence-electron chi connectivity index (χ1n) is 7.02. The number of amides is 3. The first-order chi connectivity index (χ1) is 10.1. The van der Waals surface area contributed by atoms with Gasteiger partial charge in [-0.05, 0) is 24.3 Å². The number of nitrogens with zero attached hydrogens (tertiary/aromatic N) is 2. The van der Waals surface area contributed by atoms with Crippen LogP contribution in [-0.2, 0) is 20.9 Å². The van der Waals surface area contributed by atoms with Crippen molar-refractivity contribution in [2.75, 3.05) is 19.6 Å². The van der Waals surface area contributed by atoms with Crippen molar-refractivity contribution in [3.8, 4) is 0 Å². The highest BCUT2D eigenvalue weighted by Crippen LogP contribution is 2.23. The lowest BCUT2D eigenvalue weighted by molar-refractivity contribution is -0.154. The summed E-state index contributed by atoms with van der Waals surface area (Å²) in [4.78, 5) is 40.2. The highest BCUT2D eigenvalue weighted by atomic mass is 32.1. The first kappa shape index (κ1) is 14.1. The lowest BCUT2D eigenvalue weighted by Gasteiger charge is -2.35. The molecule has 0 saturated carbocycles. The van der Waals surface area contributed by atoms with E-state index in [-0.39, 0.29) is 36.9 Å². The summed E-state index contributed by atoms with van der Waals surface area (Å²) < 4.78 is 0. The number of carbonyl (C=O) groups is 3. The van der Waals surface area contributed by atoms with Crippen LogP contribution in [0.25, 0.3) is 0 Å². The monoisotopic (exact) mass is 307 g/mol. The second kappa shape index (κ2) is 5.85. The molecule has 3 amide bonds. The molecule has 0 bridgehead atoms. The second-order valence-corrected chi connectivity index (χ2v) is 6.33. The lowest BCUT2D eigenvalue weighted by Crippen LogP contribution is -2.58. The third-order valence-electron chi connectivity index (χ3n) is 3.87. The van der Waals surface area contributed by atoms with Gasteiger partial charge >= 0.3 is 0 Å². The van der Waals surface area contributed by atoms with E-state index in [2.05, 4.69) is 5.32 Å². The van der Waals surface area contributed by atoms with Crippen LogP contribution >= 0.6 is 11.3 Å². The zero-order chi connectivity index (χ0) is 14.8. The molecule has 112 valence electrons. The van der Waals surface area contributed by atoms with Crippen molar-refractivity contribution in [2.24, 2.45) is 0 Å². The maximum absolute atomic E-state index is 12.3. The number of piperazine rings is 1. The van der Waals surface area contributed by atoms with Gasteiger partial charge in [0.1, 0.15) is 19.1 Å². The minimum Gasteiger partial charge on any atom is -0.350 e. The molecule has 1 aromatic heterocycles. The standard InChI is InChI=1S/C14H17N3O3S/c18-12(15-7-10-3-2-6-21-10)8-16-9-13(19)17-5-1-4-11(17)14(16)20/h2-3,6,11H,1,4-5,7-9H2,(H,15,18). The molecule has 1 atom stereocenters. The van der Waals surface area contributed by atoms with E-state index in [1.54, 1.807) is 16.2 Å². The van der Waals surface area contributed by atoms with Crippen LogP contribution < -0.4 is 5.32 Å². The molecule has 0 radical (unpaired) electrons. The third kappa shape index (κ3) is 2.92. The number of hydrogen-bond acceptors (Lipinski definition) is 4. The lowest BCUT2D eigenvalue weighted by atomic mass is 10.1. The van der Waals surface area contributed by atoms with Gasteiger partial charge in [-0.1, -0.05) is 6.07 Å². The number of carbonyl (C=O) groups excluding carboxylic acids is 3. The van der Waals surface area contributed by atoms with Crippen molar-refractivity contribution >= 4 is 29.1 Å². The molecule has 21 heavy (non-hydrogen) atoms. The van der Waals surface area contributed by atoms with Crippen LogP contribution in [-0.4, -0.2) is 53.2 Å². The highest BCUT2D eigenvalue weighted by Gasteiger charge is 2.42. The normalized spacial score (nSPS) is 21.6. The summed E-state index contributed by atoms with van der Waals surface area (Å²) in [5.41, 5.74) is 0. The summed E-state index contributed by atoms with van der Waals surface area (Å²) in [5.74, 6) is -0.377. The zero-order valence-corrected chi connectivity index (χ0v) is 12.4. The van der Waals surface area contributed by atoms with Crippen molar-refractivity contribution in [1.29, 1.82) is 0 Å². The predicted octanol–water partition coefficient (Wildman–Crippen LogP) is 0.198. The average Bonchev–Trinajstić information content (AvgIpc) is 3.13. The molecule has 2 aliphatic heterocycles. The molecule has 0 spiro atoms. The number of fused-ring (bicyclic) bond motifs is 1. The molecule has 2 fully saturated rings. The fraction of sp³-hybridized carbons (Fsp3) is 0.500. The number of hydrogen-bond donors (Lipinski definition) is 1. The number of rotatable bonds is 4. The van der Waals surface area contributed by atoms with Gasteiger partial charge in [0, 0.05) is 11.4 Å². The Morgan fingerprint density at radius 3 is 3.05 bits per heavy atom. The fourth-order valence-corrected chi connectivity index (χ4v) is 3.47. The highest BCUT2D eigenvalue weighted by molar-refractivity contribution is 7.09. The molecule has 1 N–H and O–H groups in total. The summed E-state index contributed by atoms with van der Waals surface area (Å²) in [6.07, 6.45) is 1.57. The molecule has 6 nitrogen and oxygen atoms in total. The quantitative estimate of drug-likeness (QED) is 0.864. The Morgan fingerprint density at radius 1 is 1.43 bits per heavy atom. The van der Waals surface area contributed by atoms with Gasteiger partial charge in [-0.15, -0.1) is 11.3 Å². The molecule has 1 aromatic rings. The van der Waals surface area contributed by atoms with E-state index in [0.29, 0.717) is 19.5 Å². The maximum atomic E-state index is 12.3. The molecular weight excluding hydrogens is 290 g/mol. The molecule has 7 heteroatoms. The summed E-state index contributed by atoms with van der Waals surface area (Å²) in [6, 6.07) is 3.52. The van der Waals surface area contributed by atoms with Crippen molar-refractivity contribution < 1.29 is 14.4 Å². The Morgan fingerprint density at radius 2 is 2.29 bits per heavy atom. The van der Waals surface area contributed by atoms with Crippen LogP contribution in [0.1, 0.15) is 17.7 Å². The maximum Gasteiger partial charge on any atom is 0.246 e. The SMILES string of the molecule is O=C(CN1CC(=O)N2CCCC2C1=O)NCc1cccs1. The smallest absolute Gasteiger partial charge is 0.246 e. The van der Waals surface area contributed by atoms with E-state index in [4.69, 9.17) is 0 Å². The van der Waals surface area contributed by atoms with E-state index in [1.807, 2.05) is 17.5 Å². The van der Waals surface area contributed by atoms with Gasteiger partial charge in [0.05, 0.1) is 6.54 Å². The van der Waals surface area contributed by atoms with E-state index < -0.39 is 0 Å². The topological polar surface area (TPSA) is 69.7 Å². The summed E-state index contributed by atoms with van der Waals surface area (Å²) >= 11 is 1.57. The van der Waals surface area contributed by atoms with Gasteiger partial charge in [-0.3, -0.25) is 14.4 Å². The van der Waals surface area contributed by atoms with Gasteiger partial charge in [0.25, 0.3) is 0 Å². The molecule has 2 aliphatic rings. The van der Waals surface area contributed by atoms with Crippen molar-refractivity contribution in [3.05, 3.63) is 22.4 Å². The van der Waals surface area contributed by atoms with Crippen LogP contribution in [0.5, 0.6) is 0 Å². The van der Waals surface area contributed by atoms with Gasteiger partial charge in [0.15, 0.2) is 0 Å². The minimum absolute atomic E-state index is 0.0156. The summed E-state index contributed by atoms with van der Waals surface area (Å²) in [6.45, 7) is 1.09. The summed E-state index contributed by atoms with van der Waals surface area (Å²) in [5, 5.41) is 4.73. The first-order valence-corrected chi connectivity index (χ1v) is 7.90. The van der Waals surface area contributed by atoms with Crippen LogP contribution in [0.15, 0.2) is 17.5 Å². The van der Waals surface area contributed by atoms with Crippen LogP contribution in [0, 0.1) is 0 Å². The van der Waals surface area contributed by atoms with E-state index >= 15 is 0 Å². The van der Waals surface area contributed by atoms with E-state index in [1.165, 1.54) is 4.90 Å². The molecule has 3 heterocycles. The fourth-order valence-electron chi connectivity index (χ4n) is 2.83. The van der Waals surface area contributed by atoms with Gasteiger partial charge in [-0.2, -0.15) is 0 Å². The molecule has 1 unspecified atom stereocenters. The zero-order valence-electron chi connectivity index (χ0n) is 11.6. The molecule has 3 rings (SSSR count).